The standard InChI is InChI=1S/C19H17ClF2N2O3/c1-11(17-23-15-8-3-4-9-16(15)24(17)19(21)22)27-18(25)12(2)26-14-7-5-6-13(20)10-14/h3-12,19H,1-2H3. The van der Waals surface area contributed by atoms with Crippen LogP contribution in [0.4, 0.5) is 8.78 Å². The van der Waals surface area contributed by atoms with E-state index in [4.69, 9.17) is 21.1 Å². The summed E-state index contributed by atoms with van der Waals surface area (Å²) < 4.78 is 38.6. The Hall–Kier alpha value is -2.67. The average Bonchev–Trinajstić information content (AvgIpc) is 3.01. The first-order valence-corrected chi connectivity index (χ1v) is 8.62. The number of carbonyl (C=O) groups is 1. The zero-order chi connectivity index (χ0) is 19.6. The Bertz CT molecular complexity index is 961. The van der Waals surface area contributed by atoms with Gasteiger partial charge in [0.25, 0.3) is 0 Å². The lowest BCUT2D eigenvalue weighted by Crippen LogP contribution is -2.27. The summed E-state index contributed by atoms with van der Waals surface area (Å²) in [5.74, 6) is -0.329. The number of fused-ring (bicyclic) bond motifs is 1. The van der Waals surface area contributed by atoms with Gasteiger partial charge >= 0.3 is 12.5 Å². The molecule has 1 aromatic heterocycles. The highest BCUT2D eigenvalue weighted by Crippen LogP contribution is 2.28. The highest BCUT2D eigenvalue weighted by Gasteiger charge is 2.26. The predicted molar refractivity (Wildman–Crippen MR) is 97.0 cm³/mol. The Morgan fingerprint density at radius 2 is 1.89 bits per heavy atom. The number of ether oxygens (including phenoxy) is 2. The molecule has 2 aromatic carbocycles. The van der Waals surface area contributed by atoms with Crippen LogP contribution in [-0.4, -0.2) is 21.6 Å². The van der Waals surface area contributed by atoms with Crippen molar-refractivity contribution in [3.05, 3.63) is 59.4 Å². The summed E-state index contributed by atoms with van der Waals surface area (Å²) in [6.45, 7) is 0.185. The molecule has 3 rings (SSSR count). The topological polar surface area (TPSA) is 53.4 Å². The lowest BCUT2D eigenvalue weighted by molar-refractivity contribution is -0.157. The zero-order valence-corrected chi connectivity index (χ0v) is 15.4. The molecular weight excluding hydrogens is 378 g/mol. The number of hydrogen-bond donors (Lipinski definition) is 0. The van der Waals surface area contributed by atoms with E-state index >= 15 is 0 Å². The molecule has 5 nitrogen and oxygen atoms in total. The number of esters is 1. The van der Waals surface area contributed by atoms with Crippen LogP contribution >= 0.6 is 11.6 Å². The van der Waals surface area contributed by atoms with Crippen LogP contribution in [0.25, 0.3) is 11.0 Å². The molecule has 0 fully saturated rings. The largest absolute Gasteiger partial charge is 0.479 e. The summed E-state index contributed by atoms with van der Waals surface area (Å²) in [5.41, 5.74) is 0.674. The summed E-state index contributed by atoms with van der Waals surface area (Å²) in [7, 11) is 0. The van der Waals surface area contributed by atoms with Gasteiger partial charge in [-0.15, -0.1) is 0 Å². The third-order valence-corrected chi connectivity index (χ3v) is 4.15. The zero-order valence-electron chi connectivity index (χ0n) is 14.6. The molecule has 0 saturated heterocycles. The van der Waals surface area contributed by atoms with Crippen molar-refractivity contribution in [3.63, 3.8) is 0 Å². The van der Waals surface area contributed by atoms with E-state index in [9.17, 15) is 13.6 Å². The van der Waals surface area contributed by atoms with Crippen LogP contribution in [0.5, 0.6) is 5.75 Å². The molecule has 0 aliphatic carbocycles. The number of carbonyl (C=O) groups excluding carboxylic acids is 1. The first-order valence-electron chi connectivity index (χ1n) is 8.24. The molecule has 8 heteroatoms. The summed E-state index contributed by atoms with van der Waals surface area (Å²) in [4.78, 5) is 16.5. The lowest BCUT2D eigenvalue weighted by atomic mass is 10.3. The second-order valence-corrected chi connectivity index (χ2v) is 6.34. The number of para-hydroxylation sites is 2. The molecule has 142 valence electrons. The van der Waals surface area contributed by atoms with Gasteiger partial charge < -0.3 is 9.47 Å². The van der Waals surface area contributed by atoms with Gasteiger partial charge in [-0.3, -0.25) is 4.57 Å². The smallest absolute Gasteiger partial charge is 0.347 e. The molecule has 0 N–H and O–H groups in total. The summed E-state index contributed by atoms with van der Waals surface area (Å²) in [6, 6.07) is 13.1. The maximum atomic E-state index is 13.5. The highest BCUT2D eigenvalue weighted by atomic mass is 35.5. The van der Waals surface area contributed by atoms with Crippen molar-refractivity contribution in [1.82, 2.24) is 9.55 Å². The fourth-order valence-electron chi connectivity index (χ4n) is 2.67. The van der Waals surface area contributed by atoms with Gasteiger partial charge in [-0.25, -0.2) is 9.78 Å². The molecule has 0 radical (unpaired) electrons. The fourth-order valence-corrected chi connectivity index (χ4v) is 2.85. The molecule has 2 atom stereocenters. The second kappa shape index (κ2) is 7.92. The first-order chi connectivity index (χ1) is 12.9. The van der Waals surface area contributed by atoms with E-state index in [-0.39, 0.29) is 11.3 Å². The van der Waals surface area contributed by atoms with Crippen molar-refractivity contribution in [2.75, 3.05) is 0 Å². The van der Waals surface area contributed by atoms with Gasteiger partial charge in [0, 0.05) is 5.02 Å². The van der Waals surface area contributed by atoms with Crippen LogP contribution in [-0.2, 0) is 9.53 Å². The van der Waals surface area contributed by atoms with E-state index in [0.29, 0.717) is 16.3 Å². The van der Waals surface area contributed by atoms with Gasteiger partial charge in [-0.05, 0) is 44.2 Å². The Labute approximate surface area is 159 Å². The normalized spacial score (nSPS) is 13.6. The van der Waals surface area contributed by atoms with Crippen molar-refractivity contribution < 1.29 is 23.0 Å². The fraction of sp³-hybridized carbons (Fsp3) is 0.263. The summed E-state index contributed by atoms with van der Waals surface area (Å²) in [6.07, 6.45) is -1.93. The Balaban J connectivity index is 1.76. The lowest BCUT2D eigenvalue weighted by Gasteiger charge is -2.18. The van der Waals surface area contributed by atoms with Crippen LogP contribution in [0.3, 0.4) is 0 Å². The van der Waals surface area contributed by atoms with E-state index in [1.165, 1.54) is 19.9 Å². The number of hydrogen-bond acceptors (Lipinski definition) is 4. The van der Waals surface area contributed by atoms with Crippen molar-refractivity contribution in [2.45, 2.75) is 32.6 Å². The molecule has 1 heterocycles. The number of aromatic nitrogens is 2. The predicted octanol–water partition coefficient (Wildman–Crippen LogP) is 5.16. The van der Waals surface area contributed by atoms with E-state index in [0.717, 1.165) is 4.57 Å². The van der Waals surface area contributed by atoms with Crippen LogP contribution in [0.2, 0.25) is 5.02 Å². The van der Waals surface area contributed by atoms with Crippen LogP contribution < -0.4 is 4.74 Å². The van der Waals surface area contributed by atoms with Gasteiger partial charge in [0.05, 0.1) is 11.0 Å². The number of halogens is 3. The van der Waals surface area contributed by atoms with Crippen molar-refractivity contribution in [3.8, 4) is 5.75 Å². The van der Waals surface area contributed by atoms with Gasteiger partial charge in [0.15, 0.2) is 18.0 Å². The highest BCUT2D eigenvalue weighted by molar-refractivity contribution is 6.30. The first kappa shape index (κ1) is 19.1. The van der Waals surface area contributed by atoms with Gasteiger partial charge in [0.1, 0.15) is 5.75 Å². The van der Waals surface area contributed by atoms with Crippen molar-refractivity contribution in [1.29, 1.82) is 0 Å². The van der Waals surface area contributed by atoms with Gasteiger partial charge in [-0.2, -0.15) is 8.78 Å². The third-order valence-electron chi connectivity index (χ3n) is 3.92. The van der Waals surface area contributed by atoms with E-state index in [1.807, 2.05) is 0 Å². The molecular formula is C19H17ClF2N2O3. The third kappa shape index (κ3) is 4.19. The Morgan fingerprint density at radius 3 is 2.59 bits per heavy atom. The molecule has 0 aliphatic rings. The Kier molecular flexibility index (Phi) is 5.60. The number of alkyl halides is 2. The molecule has 0 bridgehead atoms. The van der Waals surface area contributed by atoms with E-state index in [1.54, 1.807) is 42.5 Å². The minimum atomic E-state index is -2.81. The summed E-state index contributed by atoms with van der Waals surface area (Å²) >= 11 is 5.88. The molecule has 2 unspecified atom stereocenters. The molecule has 0 amide bonds. The van der Waals surface area contributed by atoms with Crippen molar-refractivity contribution in [2.24, 2.45) is 0 Å². The van der Waals surface area contributed by atoms with Crippen molar-refractivity contribution >= 4 is 28.6 Å². The maximum Gasteiger partial charge on any atom is 0.347 e. The maximum absolute atomic E-state index is 13.5. The number of benzene rings is 2. The van der Waals surface area contributed by atoms with Crippen LogP contribution in [0, 0.1) is 0 Å². The van der Waals surface area contributed by atoms with Crippen LogP contribution in [0.1, 0.15) is 32.3 Å². The SMILES string of the molecule is CC(Oc1cccc(Cl)c1)C(=O)OC(C)c1nc2ccccc2n1C(F)F. The molecule has 3 aromatic rings. The summed E-state index contributed by atoms with van der Waals surface area (Å²) in [5, 5.41) is 0.465. The molecule has 27 heavy (non-hydrogen) atoms. The van der Waals surface area contributed by atoms with Gasteiger partial charge in [0.2, 0.25) is 0 Å². The number of rotatable bonds is 6. The average molecular weight is 395 g/mol. The minimum absolute atomic E-state index is 0.0329. The Morgan fingerprint density at radius 1 is 1.15 bits per heavy atom. The van der Waals surface area contributed by atoms with Crippen LogP contribution in [0.15, 0.2) is 48.5 Å². The molecule has 0 saturated carbocycles. The van der Waals surface area contributed by atoms with E-state index < -0.39 is 24.7 Å². The number of imidazole rings is 1. The minimum Gasteiger partial charge on any atom is -0.479 e. The molecule has 0 spiro atoms. The van der Waals surface area contributed by atoms with Gasteiger partial charge in [-0.1, -0.05) is 29.8 Å². The quantitative estimate of drug-likeness (QED) is 0.542. The number of nitrogens with zero attached hydrogens (tertiary/aromatic N) is 2. The monoisotopic (exact) mass is 394 g/mol. The van der Waals surface area contributed by atoms with E-state index in [2.05, 4.69) is 4.98 Å². The molecule has 0 aliphatic heterocycles. The second-order valence-electron chi connectivity index (χ2n) is 5.90.